The highest BCUT2D eigenvalue weighted by atomic mass is 35.5. The fourth-order valence-corrected chi connectivity index (χ4v) is 3.05. The van der Waals surface area contributed by atoms with Crippen LogP contribution in [0.15, 0.2) is 16.9 Å². The van der Waals surface area contributed by atoms with Crippen LogP contribution in [0, 0.1) is 6.92 Å². The molecule has 0 fully saturated rings. The first-order valence-electron chi connectivity index (χ1n) is 6.69. The molecule has 1 heterocycles. The van der Waals surface area contributed by atoms with Crippen LogP contribution in [-0.4, -0.2) is 29.0 Å². The molecule has 0 radical (unpaired) electrons. The fourth-order valence-electron chi connectivity index (χ4n) is 2.04. The molecule has 0 unspecified atom stereocenters. The van der Waals surface area contributed by atoms with E-state index in [1.54, 1.807) is 6.92 Å². The minimum absolute atomic E-state index is 0.0157. The minimum Gasteiger partial charge on any atom is -0.381 e. The Morgan fingerprint density at radius 1 is 1.26 bits per heavy atom. The molecule has 0 aliphatic carbocycles. The molecule has 0 N–H and O–H groups in total. The number of hydrogen-bond acceptors (Lipinski definition) is 5. The summed E-state index contributed by atoms with van der Waals surface area (Å²) in [6, 6.07) is 2.58. The number of nitrogens with zero attached hydrogens (tertiary/aromatic N) is 3. The zero-order valence-electron chi connectivity index (χ0n) is 12.7. The van der Waals surface area contributed by atoms with E-state index < -0.39 is 10.1 Å². The van der Waals surface area contributed by atoms with Gasteiger partial charge in [0, 0.05) is 12.6 Å². The first-order chi connectivity index (χ1) is 10.6. The average molecular weight is 380 g/mol. The summed E-state index contributed by atoms with van der Waals surface area (Å²) in [6.45, 7) is 4.16. The molecule has 0 atom stereocenters. The van der Waals surface area contributed by atoms with Gasteiger partial charge in [0.15, 0.2) is 5.75 Å². The van der Waals surface area contributed by atoms with E-state index in [-0.39, 0.29) is 27.2 Å². The number of hydrogen-bond donors (Lipinski definition) is 0. The molecule has 0 saturated carbocycles. The Bertz CT molecular complexity index is 903. The summed E-state index contributed by atoms with van der Waals surface area (Å²) in [5.74, 6) is 0.400. The van der Waals surface area contributed by atoms with E-state index in [2.05, 4.69) is 5.10 Å². The van der Waals surface area contributed by atoms with Gasteiger partial charge in [-0.2, -0.15) is 18.2 Å². The molecule has 0 aliphatic rings. The van der Waals surface area contributed by atoms with Crippen LogP contribution < -0.4 is 9.87 Å². The minimum atomic E-state index is -3.77. The third-order valence-electron chi connectivity index (χ3n) is 2.97. The first kappa shape index (κ1) is 17.8. The normalized spacial score (nSPS) is 11.7. The number of aryl methyl sites for hydroxylation is 1. The molecule has 2 aromatic rings. The molecule has 0 saturated heterocycles. The van der Waals surface area contributed by atoms with Crippen LogP contribution in [0.25, 0.3) is 5.69 Å². The SMILES string of the molecule is CCCn1c(C)nn(-c2cc(OS(C)(=O)=O)c(Cl)cc2Cl)c1=O. The molecular weight excluding hydrogens is 365 g/mol. The van der Waals surface area contributed by atoms with Gasteiger partial charge in [-0.15, -0.1) is 0 Å². The van der Waals surface area contributed by atoms with Crippen molar-refractivity contribution in [2.45, 2.75) is 26.8 Å². The van der Waals surface area contributed by atoms with Gasteiger partial charge in [0.25, 0.3) is 0 Å². The van der Waals surface area contributed by atoms with E-state index in [0.29, 0.717) is 12.4 Å². The maximum Gasteiger partial charge on any atom is 0.350 e. The number of rotatable bonds is 5. The van der Waals surface area contributed by atoms with Crippen LogP contribution in [0.1, 0.15) is 19.2 Å². The molecule has 2 rings (SSSR count). The van der Waals surface area contributed by atoms with Crippen molar-refractivity contribution in [3.63, 3.8) is 0 Å². The lowest BCUT2D eigenvalue weighted by Crippen LogP contribution is -2.24. The van der Waals surface area contributed by atoms with Crippen LogP contribution in [0.3, 0.4) is 0 Å². The van der Waals surface area contributed by atoms with E-state index in [1.807, 2.05) is 6.92 Å². The van der Waals surface area contributed by atoms with Crippen LogP contribution in [0.2, 0.25) is 10.0 Å². The molecule has 0 amide bonds. The monoisotopic (exact) mass is 379 g/mol. The smallest absolute Gasteiger partial charge is 0.350 e. The quantitative estimate of drug-likeness (QED) is 0.744. The highest BCUT2D eigenvalue weighted by Crippen LogP contribution is 2.33. The summed E-state index contributed by atoms with van der Waals surface area (Å²) in [5, 5.41) is 4.33. The topological polar surface area (TPSA) is 83.2 Å². The second kappa shape index (κ2) is 6.54. The van der Waals surface area contributed by atoms with Gasteiger partial charge < -0.3 is 4.18 Å². The predicted molar refractivity (Wildman–Crippen MR) is 88.3 cm³/mol. The lowest BCUT2D eigenvalue weighted by Gasteiger charge is -2.09. The molecule has 1 aromatic carbocycles. The Hall–Kier alpha value is -1.51. The molecule has 0 spiro atoms. The van der Waals surface area contributed by atoms with Crippen molar-refractivity contribution in [3.8, 4) is 11.4 Å². The molecule has 10 heteroatoms. The molecule has 0 aliphatic heterocycles. The Morgan fingerprint density at radius 3 is 2.48 bits per heavy atom. The van der Waals surface area contributed by atoms with Crippen LogP contribution in [-0.2, 0) is 16.7 Å². The number of benzene rings is 1. The zero-order chi connectivity index (χ0) is 17.4. The Morgan fingerprint density at radius 2 is 1.91 bits per heavy atom. The Labute approximate surface area is 143 Å². The summed E-state index contributed by atoms with van der Waals surface area (Å²) < 4.78 is 30.0. The van der Waals surface area contributed by atoms with Gasteiger partial charge >= 0.3 is 15.8 Å². The third-order valence-corrected chi connectivity index (χ3v) is 4.05. The Kier molecular flexibility index (Phi) is 5.07. The van der Waals surface area contributed by atoms with Crippen molar-refractivity contribution in [1.82, 2.24) is 14.3 Å². The maximum atomic E-state index is 12.4. The fraction of sp³-hybridized carbons (Fsp3) is 0.385. The van der Waals surface area contributed by atoms with Gasteiger partial charge in [-0.3, -0.25) is 4.57 Å². The van der Waals surface area contributed by atoms with Crippen LogP contribution in [0.5, 0.6) is 5.75 Å². The van der Waals surface area contributed by atoms with Gasteiger partial charge in [0.1, 0.15) is 5.82 Å². The van der Waals surface area contributed by atoms with Crippen LogP contribution in [0.4, 0.5) is 0 Å². The lowest BCUT2D eigenvalue weighted by atomic mass is 10.3. The van der Waals surface area contributed by atoms with Crippen molar-refractivity contribution in [2.75, 3.05) is 6.26 Å². The lowest BCUT2D eigenvalue weighted by molar-refractivity contribution is 0.493. The summed E-state index contributed by atoms with van der Waals surface area (Å²) in [5.41, 5.74) is -0.184. The van der Waals surface area contributed by atoms with Gasteiger partial charge in [-0.1, -0.05) is 30.1 Å². The van der Waals surface area contributed by atoms with Gasteiger partial charge in [-0.05, 0) is 19.4 Å². The highest BCUT2D eigenvalue weighted by molar-refractivity contribution is 7.86. The van der Waals surface area contributed by atoms with E-state index in [9.17, 15) is 13.2 Å². The molecule has 7 nitrogen and oxygen atoms in total. The zero-order valence-corrected chi connectivity index (χ0v) is 15.0. The standard InChI is InChI=1S/C13H15Cl2N3O4S/c1-4-5-17-8(2)16-18(13(17)19)11-7-12(22-23(3,20)21)10(15)6-9(11)14/h6-7H,4-5H2,1-3H3. The van der Waals surface area contributed by atoms with Gasteiger partial charge in [-0.25, -0.2) is 4.79 Å². The van der Waals surface area contributed by atoms with E-state index >= 15 is 0 Å². The molecule has 1 aromatic heterocycles. The van der Waals surface area contributed by atoms with Crippen molar-refractivity contribution in [3.05, 3.63) is 38.5 Å². The first-order valence-corrected chi connectivity index (χ1v) is 9.26. The van der Waals surface area contributed by atoms with Gasteiger partial charge in [0.2, 0.25) is 0 Å². The van der Waals surface area contributed by atoms with E-state index in [4.69, 9.17) is 27.4 Å². The molecule has 23 heavy (non-hydrogen) atoms. The molecule has 0 bridgehead atoms. The average Bonchev–Trinajstić information content (AvgIpc) is 2.69. The predicted octanol–water partition coefficient (Wildman–Crippen LogP) is 2.40. The van der Waals surface area contributed by atoms with Crippen molar-refractivity contribution >= 4 is 33.3 Å². The second-order valence-corrected chi connectivity index (χ2v) is 7.30. The maximum absolute atomic E-state index is 12.4. The largest absolute Gasteiger partial charge is 0.381 e. The number of aromatic nitrogens is 3. The Balaban J connectivity index is 2.63. The van der Waals surface area contributed by atoms with E-state index in [1.165, 1.54) is 16.7 Å². The summed E-state index contributed by atoms with van der Waals surface area (Å²) in [6.07, 6.45) is 1.66. The summed E-state index contributed by atoms with van der Waals surface area (Å²) in [7, 11) is -3.77. The third kappa shape index (κ3) is 3.88. The van der Waals surface area contributed by atoms with Crippen molar-refractivity contribution in [2.24, 2.45) is 0 Å². The van der Waals surface area contributed by atoms with Gasteiger partial charge in [0.05, 0.1) is 22.0 Å². The number of halogens is 2. The molecule has 126 valence electrons. The van der Waals surface area contributed by atoms with Crippen molar-refractivity contribution in [1.29, 1.82) is 0 Å². The summed E-state index contributed by atoms with van der Waals surface area (Å²) >= 11 is 12.1. The van der Waals surface area contributed by atoms with E-state index in [0.717, 1.165) is 17.4 Å². The van der Waals surface area contributed by atoms with Crippen LogP contribution >= 0.6 is 23.2 Å². The highest BCUT2D eigenvalue weighted by Gasteiger charge is 2.18. The molecular formula is C13H15Cl2N3O4S. The summed E-state index contributed by atoms with van der Waals surface area (Å²) in [4.78, 5) is 12.4. The second-order valence-electron chi connectivity index (χ2n) is 4.91. The van der Waals surface area contributed by atoms with Crippen molar-refractivity contribution < 1.29 is 12.6 Å².